The van der Waals surface area contributed by atoms with E-state index in [0.29, 0.717) is 18.3 Å². The summed E-state index contributed by atoms with van der Waals surface area (Å²) in [6.45, 7) is 3.02. The summed E-state index contributed by atoms with van der Waals surface area (Å²) in [5.41, 5.74) is 0.816. The minimum atomic E-state index is -0.246. The molecule has 2 rings (SSSR count). The predicted molar refractivity (Wildman–Crippen MR) is 77.7 cm³/mol. The molecule has 0 aliphatic rings. The highest BCUT2D eigenvalue weighted by Gasteiger charge is 2.06. The van der Waals surface area contributed by atoms with E-state index in [9.17, 15) is 4.79 Å². The van der Waals surface area contributed by atoms with Gasteiger partial charge in [0.2, 0.25) is 0 Å². The molecule has 0 saturated carbocycles. The van der Waals surface area contributed by atoms with Gasteiger partial charge in [-0.2, -0.15) is 0 Å². The maximum atomic E-state index is 11.7. The third-order valence-electron chi connectivity index (χ3n) is 2.28. The predicted octanol–water partition coefficient (Wildman–Crippen LogP) is 2.98. The zero-order valence-electron chi connectivity index (χ0n) is 10.7. The molecule has 2 aromatic heterocycles. The summed E-state index contributed by atoms with van der Waals surface area (Å²) >= 11 is 3.06. The average molecular weight is 297 g/mol. The van der Waals surface area contributed by atoms with E-state index in [2.05, 4.69) is 15.6 Å². The van der Waals surface area contributed by atoms with Crippen molar-refractivity contribution in [3.8, 4) is 0 Å². The fraction of sp³-hybridized carbons (Fsp3) is 0.333. The Hall–Kier alpha value is -1.44. The van der Waals surface area contributed by atoms with E-state index in [1.165, 1.54) is 16.2 Å². The van der Waals surface area contributed by atoms with Gasteiger partial charge in [-0.05, 0) is 19.1 Å². The van der Waals surface area contributed by atoms with Crippen molar-refractivity contribution < 1.29 is 9.53 Å². The highest BCUT2D eigenvalue weighted by atomic mass is 32.1. The van der Waals surface area contributed by atoms with Gasteiger partial charge in [0, 0.05) is 22.2 Å². The first-order chi connectivity index (χ1) is 9.17. The zero-order chi connectivity index (χ0) is 13.7. The molecular weight excluding hydrogens is 282 g/mol. The normalized spacial score (nSPS) is 10.4. The molecular formula is C12H15N3O2S2. The number of hydrogen-bond acceptors (Lipinski definition) is 5. The molecule has 0 aliphatic carbocycles. The summed E-state index contributed by atoms with van der Waals surface area (Å²) in [5.74, 6) is 0. The quantitative estimate of drug-likeness (QED) is 0.892. The van der Waals surface area contributed by atoms with Crippen LogP contribution in [0.2, 0.25) is 0 Å². The Morgan fingerprint density at radius 1 is 1.47 bits per heavy atom. The van der Waals surface area contributed by atoms with Gasteiger partial charge >= 0.3 is 6.03 Å². The largest absolute Gasteiger partial charge is 0.378 e. The van der Waals surface area contributed by atoms with Gasteiger partial charge in [-0.15, -0.1) is 22.7 Å². The number of anilines is 1. The van der Waals surface area contributed by atoms with Crippen LogP contribution in [0.15, 0.2) is 17.5 Å². The van der Waals surface area contributed by atoms with Crippen molar-refractivity contribution in [3.63, 3.8) is 0 Å². The van der Waals surface area contributed by atoms with Crippen molar-refractivity contribution in [2.45, 2.75) is 20.1 Å². The minimum Gasteiger partial charge on any atom is -0.378 e. The van der Waals surface area contributed by atoms with E-state index < -0.39 is 0 Å². The number of nitrogens with one attached hydrogen (secondary N) is 2. The van der Waals surface area contributed by atoms with E-state index >= 15 is 0 Å². The summed E-state index contributed by atoms with van der Waals surface area (Å²) < 4.78 is 4.97. The van der Waals surface area contributed by atoms with Crippen LogP contribution in [-0.4, -0.2) is 18.1 Å². The van der Waals surface area contributed by atoms with Crippen LogP contribution < -0.4 is 10.6 Å². The Morgan fingerprint density at radius 2 is 2.32 bits per heavy atom. The number of ether oxygens (including phenoxy) is 1. The highest BCUT2D eigenvalue weighted by molar-refractivity contribution is 7.14. The van der Waals surface area contributed by atoms with Crippen LogP contribution in [0.1, 0.15) is 15.4 Å². The zero-order valence-corrected chi connectivity index (χ0v) is 12.4. The molecule has 0 bridgehead atoms. The lowest BCUT2D eigenvalue weighted by atomic mass is 10.4. The fourth-order valence-electron chi connectivity index (χ4n) is 1.47. The van der Waals surface area contributed by atoms with E-state index in [1.54, 1.807) is 18.4 Å². The monoisotopic (exact) mass is 297 g/mol. The third-order valence-corrected chi connectivity index (χ3v) is 4.09. The van der Waals surface area contributed by atoms with Gasteiger partial charge in [-0.3, -0.25) is 5.32 Å². The number of amides is 2. The van der Waals surface area contributed by atoms with Crippen molar-refractivity contribution in [1.29, 1.82) is 0 Å². The Labute approximate surface area is 119 Å². The first-order valence-electron chi connectivity index (χ1n) is 5.71. The van der Waals surface area contributed by atoms with Crippen LogP contribution in [0, 0.1) is 6.92 Å². The first-order valence-corrected chi connectivity index (χ1v) is 7.40. The van der Waals surface area contributed by atoms with E-state index in [-0.39, 0.29) is 6.03 Å². The van der Waals surface area contributed by atoms with Crippen LogP contribution >= 0.6 is 22.7 Å². The van der Waals surface area contributed by atoms with E-state index in [1.807, 2.05) is 24.4 Å². The van der Waals surface area contributed by atoms with Crippen molar-refractivity contribution in [1.82, 2.24) is 10.3 Å². The molecule has 0 atom stereocenters. The van der Waals surface area contributed by atoms with Crippen molar-refractivity contribution in [2.24, 2.45) is 0 Å². The molecule has 0 radical (unpaired) electrons. The number of rotatable bonds is 5. The summed E-state index contributed by atoms with van der Waals surface area (Å²) in [4.78, 5) is 18.3. The maximum absolute atomic E-state index is 11.7. The second-order valence-corrected chi connectivity index (χ2v) is 6.13. The number of carbonyl (C=O) groups excluding carboxylic acids is 1. The molecule has 2 amide bonds. The molecule has 7 heteroatoms. The standard InChI is InChI=1S/C12H15N3O2S2/c1-8-3-4-10(19-8)5-13-11(16)15-12-14-9(6-17-2)7-18-12/h3-4,7H,5-6H2,1-2H3,(H2,13,14,15,16). The molecule has 0 aromatic carbocycles. The lowest BCUT2D eigenvalue weighted by molar-refractivity contribution is 0.182. The number of carbonyl (C=O) groups is 1. The SMILES string of the molecule is COCc1csc(NC(=O)NCc2ccc(C)s2)n1. The summed E-state index contributed by atoms with van der Waals surface area (Å²) in [6.07, 6.45) is 0. The lowest BCUT2D eigenvalue weighted by Gasteiger charge is -2.03. The van der Waals surface area contributed by atoms with Crippen LogP contribution in [0.4, 0.5) is 9.93 Å². The Morgan fingerprint density at radius 3 is 3.00 bits per heavy atom. The number of urea groups is 1. The number of hydrogen-bond donors (Lipinski definition) is 2. The summed E-state index contributed by atoms with van der Waals surface area (Å²) in [6, 6.07) is 3.81. The minimum absolute atomic E-state index is 0.246. The van der Waals surface area contributed by atoms with Gasteiger partial charge in [0.15, 0.2) is 5.13 Å². The fourth-order valence-corrected chi connectivity index (χ4v) is 2.99. The number of thiazole rings is 1. The van der Waals surface area contributed by atoms with Crippen LogP contribution in [0.3, 0.4) is 0 Å². The van der Waals surface area contributed by atoms with Gasteiger partial charge in [-0.25, -0.2) is 9.78 Å². The van der Waals surface area contributed by atoms with Gasteiger partial charge in [0.1, 0.15) is 0 Å². The molecule has 0 unspecified atom stereocenters. The summed E-state index contributed by atoms with van der Waals surface area (Å²) in [7, 11) is 1.61. The number of nitrogens with zero attached hydrogens (tertiary/aromatic N) is 1. The third kappa shape index (κ3) is 4.30. The molecule has 2 N–H and O–H groups in total. The number of aromatic nitrogens is 1. The molecule has 2 aromatic rings. The molecule has 0 aliphatic heterocycles. The molecule has 102 valence electrons. The Bertz CT molecular complexity index is 551. The summed E-state index contributed by atoms with van der Waals surface area (Å²) in [5, 5.41) is 7.94. The second kappa shape index (κ2) is 6.65. The van der Waals surface area contributed by atoms with Crippen molar-refractivity contribution in [2.75, 3.05) is 12.4 Å². The molecule has 0 saturated heterocycles. The van der Waals surface area contributed by atoms with E-state index in [0.717, 1.165) is 10.6 Å². The van der Waals surface area contributed by atoms with Gasteiger partial charge in [0.05, 0.1) is 18.8 Å². The van der Waals surface area contributed by atoms with Crippen molar-refractivity contribution in [3.05, 3.63) is 33.0 Å². The Balaban J connectivity index is 1.80. The van der Waals surface area contributed by atoms with Crippen LogP contribution in [0.25, 0.3) is 0 Å². The number of aryl methyl sites for hydroxylation is 1. The van der Waals surface area contributed by atoms with Crippen LogP contribution in [0.5, 0.6) is 0 Å². The van der Waals surface area contributed by atoms with E-state index in [4.69, 9.17) is 4.74 Å². The molecule has 0 fully saturated rings. The maximum Gasteiger partial charge on any atom is 0.321 e. The number of methoxy groups -OCH3 is 1. The first kappa shape index (κ1) is 14.0. The molecule has 5 nitrogen and oxygen atoms in total. The second-order valence-electron chi connectivity index (χ2n) is 3.90. The molecule has 19 heavy (non-hydrogen) atoms. The average Bonchev–Trinajstić information content (AvgIpc) is 2.97. The molecule has 2 heterocycles. The van der Waals surface area contributed by atoms with Gasteiger partial charge < -0.3 is 10.1 Å². The van der Waals surface area contributed by atoms with Crippen molar-refractivity contribution >= 4 is 33.8 Å². The van der Waals surface area contributed by atoms with Crippen LogP contribution in [-0.2, 0) is 17.9 Å². The van der Waals surface area contributed by atoms with Gasteiger partial charge in [0.25, 0.3) is 0 Å². The topological polar surface area (TPSA) is 63.2 Å². The molecule has 0 spiro atoms. The lowest BCUT2D eigenvalue weighted by Crippen LogP contribution is -2.27. The highest BCUT2D eigenvalue weighted by Crippen LogP contribution is 2.16. The number of thiophene rings is 1. The van der Waals surface area contributed by atoms with Gasteiger partial charge in [-0.1, -0.05) is 0 Å². The smallest absolute Gasteiger partial charge is 0.321 e. The Kier molecular flexibility index (Phi) is 4.89.